The van der Waals surface area contributed by atoms with E-state index in [1.54, 1.807) is 0 Å². The molecule has 0 spiro atoms. The van der Waals surface area contributed by atoms with E-state index in [2.05, 4.69) is 12.2 Å². The quantitative estimate of drug-likeness (QED) is 0.749. The minimum absolute atomic E-state index is 0. The van der Waals surface area contributed by atoms with Crippen LogP contribution >= 0.6 is 12.4 Å². The number of unbranched alkanes of at least 4 members (excludes halogenated alkanes) is 2. The van der Waals surface area contributed by atoms with E-state index < -0.39 is 0 Å². The number of hydrogen-bond donors (Lipinski definition) is 2. The van der Waals surface area contributed by atoms with Crippen LogP contribution in [0.2, 0.25) is 0 Å². The maximum Gasteiger partial charge on any atom is 0.220 e. The molecule has 3 N–H and O–H groups in total. The number of rotatable bonds is 7. The minimum atomic E-state index is -0.119. The van der Waals surface area contributed by atoms with E-state index >= 15 is 0 Å². The van der Waals surface area contributed by atoms with Crippen molar-refractivity contribution < 1.29 is 4.79 Å². The molecule has 0 aliphatic carbocycles. The molecule has 4 heteroatoms. The number of carbonyl (C=O) groups is 1. The Morgan fingerprint density at radius 3 is 2.56 bits per heavy atom. The summed E-state index contributed by atoms with van der Waals surface area (Å²) in [6, 6.07) is 9.71. The molecule has 18 heavy (non-hydrogen) atoms. The molecule has 0 saturated carbocycles. The summed E-state index contributed by atoms with van der Waals surface area (Å²) in [5.41, 5.74) is 7.04. The van der Waals surface area contributed by atoms with E-state index in [1.165, 1.54) is 0 Å². The molecule has 0 aromatic heterocycles. The molecule has 0 saturated heterocycles. The van der Waals surface area contributed by atoms with E-state index in [1.807, 2.05) is 30.3 Å². The molecule has 1 aromatic carbocycles. The van der Waals surface area contributed by atoms with Crippen LogP contribution in [0, 0.1) is 0 Å². The fourth-order valence-electron chi connectivity index (χ4n) is 1.67. The van der Waals surface area contributed by atoms with Crippen LogP contribution in [-0.4, -0.2) is 12.5 Å². The zero-order valence-corrected chi connectivity index (χ0v) is 11.7. The molecular formula is C14H23ClN2O. The van der Waals surface area contributed by atoms with Gasteiger partial charge in [-0.2, -0.15) is 0 Å². The van der Waals surface area contributed by atoms with Crippen LogP contribution in [0.5, 0.6) is 0 Å². The van der Waals surface area contributed by atoms with Crippen molar-refractivity contribution in [3.8, 4) is 0 Å². The summed E-state index contributed by atoms with van der Waals surface area (Å²) in [7, 11) is 0. The Balaban J connectivity index is 0.00000289. The van der Waals surface area contributed by atoms with E-state index in [4.69, 9.17) is 5.73 Å². The first-order valence-electron chi connectivity index (χ1n) is 6.31. The topological polar surface area (TPSA) is 55.1 Å². The van der Waals surface area contributed by atoms with Gasteiger partial charge in [-0.3, -0.25) is 4.79 Å². The zero-order chi connectivity index (χ0) is 12.5. The highest BCUT2D eigenvalue weighted by atomic mass is 35.5. The van der Waals surface area contributed by atoms with E-state index in [0.29, 0.717) is 13.0 Å². The van der Waals surface area contributed by atoms with Gasteiger partial charge in [0, 0.05) is 19.0 Å². The molecule has 0 radical (unpaired) electrons. The van der Waals surface area contributed by atoms with Crippen LogP contribution in [0.15, 0.2) is 30.3 Å². The van der Waals surface area contributed by atoms with E-state index in [9.17, 15) is 4.79 Å². The Morgan fingerprint density at radius 2 is 1.94 bits per heavy atom. The second-order valence-corrected chi connectivity index (χ2v) is 4.28. The molecule has 1 rings (SSSR count). The molecule has 1 atom stereocenters. The van der Waals surface area contributed by atoms with Crippen molar-refractivity contribution in [2.24, 2.45) is 5.73 Å². The molecule has 1 aromatic rings. The first-order chi connectivity index (χ1) is 8.24. The van der Waals surface area contributed by atoms with Gasteiger partial charge in [0.15, 0.2) is 0 Å². The summed E-state index contributed by atoms with van der Waals surface area (Å²) in [4.78, 5) is 11.5. The van der Waals surface area contributed by atoms with Crippen molar-refractivity contribution >= 4 is 18.3 Å². The third-order valence-corrected chi connectivity index (χ3v) is 2.75. The molecule has 0 bridgehead atoms. The molecule has 0 fully saturated rings. The summed E-state index contributed by atoms with van der Waals surface area (Å²) in [6.07, 6.45) is 3.81. The van der Waals surface area contributed by atoms with Crippen molar-refractivity contribution in [3.63, 3.8) is 0 Å². The predicted octanol–water partition coefficient (Wildman–Crippen LogP) is 2.80. The largest absolute Gasteiger partial charge is 0.354 e. The summed E-state index contributed by atoms with van der Waals surface area (Å²) in [6.45, 7) is 2.64. The lowest BCUT2D eigenvalue weighted by Gasteiger charge is -2.13. The van der Waals surface area contributed by atoms with Crippen molar-refractivity contribution in [2.45, 2.75) is 38.6 Å². The fraction of sp³-hybridized carbons (Fsp3) is 0.500. The second kappa shape index (κ2) is 9.92. The smallest absolute Gasteiger partial charge is 0.220 e. The Bertz CT molecular complexity index is 330. The molecule has 0 aliphatic rings. The third-order valence-electron chi connectivity index (χ3n) is 2.75. The predicted molar refractivity (Wildman–Crippen MR) is 77.8 cm³/mol. The molecule has 1 unspecified atom stereocenters. The van der Waals surface area contributed by atoms with Crippen molar-refractivity contribution in [1.82, 2.24) is 5.32 Å². The number of carbonyl (C=O) groups excluding carboxylic acids is 1. The number of nitrogens with two attached hydrogens (primary N) is 1. The van der Waals surface area contributed by atoms with E-state index in [-0.39, 0.29) is 24.4 Å². The van der Waals surface area contributed by atoms with Gasteiger partial charge < -0.3 is 11.1 Å². The monoisotopic (exact) mass is 270 g/mol. The van der Waals surface area contributed by atoms with Crippen molar-refractivity contribution in [1.29, 1.82) is 0 Å². The van der Waals surface area contributed by atoms with E-state index in [0.717, 1.165) is 24.8 Å². The van der Waals surface area contributed by atoms with Gasteiger partial charge in [-0.1, -0.05) is 50.1 Å². The molecule has 102 valence electrons. The Morgan fingerprint density at radius 1 is 1.28 bits per heavy atom. The highest BCUT2D eigenvalue weighted by Gasteiger charge is 2.07. The number of amides is 1. The lowest BCUT2D eigenvalue weighted by Crippen LogP contribution is -2.31. The summed E-state index contributed by atoms with van der Waals surface area (Å²) >= 11 is 0. The van der Waals surface area contributed by atoms with Gasteiger partial charge in [-0.15, -0.1) is 12.4 Å². The fourth-order valence-corrected chi connectivity index (χ4v) is 1.67. The lowest BCUT2D eigenvalue weighted by atomic mass is 10.1. The highest BCUT2D eigenvalue weighted by Crippen LogP contribution is 2.08. The second-order valence-electron chi connectivity index (χ2n) is 4.28. The summed E-state index contributed by atoms with van der Waals surface area (Å²) < 4.78 is 0. The molecule has 0 aliphatic heterocycles. The van der Waals surface area contributed by atoms with Gasteiger partial charge in [0.1, 0.15) is 0 Å². The Hall–Kier alpha value is -1.06. The van der Waals surface area contributed by atoms with Crippen LogP contribution in [0.25, 0.3) is 0 Å². The first-order valence-corrected chi connectivity index (χ1v) is 6.31. The average Bonchev–Trinajstić information content (AvgIpc) is 2.37. The number of hydrogen-bond acceptors (Lipinski definition) is 2. The Labute approximate surface area is 116 Å². The van der Waals surface area contributed by atoms with Gasteiger partial charge in [0.05, 0.1) is 0 Å². The van der Waals surface area contributed by atoms with Gasteiger partial charge >= 0.3 is 0 Å². The average molecular weight is 271 g/mol. The molecule has 0 heterocycles. The zero-order valence-electron chi connectivity index (χ0n) is 10.9. The maximum absolute atomic E-state index is 11.5. The van der Waals surface area contributed by atoms with Gasteiger partial charge in [-0.05, 0) is 12.0 Å². The molecule has 3 nitrogen and oxygen atoms in total. The van der Waals surface area contributed by atoms with Gasteiger partial charge in [0.2, 0.25) is 5.91 Å². The lowest BCUT2D eigenvalue weighted by molar-refractivity contribution is -0.121. The normalized spacial score (nSPS) is 11.4. The van der Waals surface area contributed by atoms with Crippen LogP contribution in [0.1, 0.15) is 44.2 Å². The van der Waals surface area contributed by atoms with Gasteiger partial charge in [0.25, 0.3) is 0 Å². The SMILES string of the molecule is CCCCCC(=O)NCC(N)c1ccccc1.Cl. The number of halogens is 1. The van der Waals surface area contributed by atoms with Gasteiger partial charge in [-0.25, -0.2) is 0 Å². The first kappa shape index (κ1) is 16.9. The summed E-state index contributed by atoms with van der Waals surface area (Å²) in [5.74, 6) is 0.102. The maximum atomic E-state index is 11.5. The highest BCUT2D eigenvalue weighted by molar-refractivity contribution is 5.85. The number of benzene rings is 1. The van der Waals surface area contributed by atoms with Crippen LogP contribution in [0.4, 0.5) is 0 Å². The standard InChI is InChI=1S/C14H22N2O.ClH/c1-2-3-5-10-14(17)16-11-13(15)12-8-6-4-7-9-12;/h4,6-9,13H,2-3,5,10-11,15H2,1H3,(H,16,17);1H. The molecular weight excluding hydrogens is 248 g/mol. The minimum Gasteiger partial charge on any atom is -0.354 e. The van der Waals surface area contributed by atoms with Crippen LogP contribution < -0.4 is 11.1 Å². The Kier molecular flexibility index (Phi) is 9.33. The number of nitrogens with one attached hydrogen (secondary N) is 1. The van der Waals surface area contributed by atoms with Crippen molar-refractivity contribution in [2.75, 3.05) is 6.54 Å². The van der Waals surface area contributed by atoms with Crippen LogP contribution in [0.3, 0.4) is 0 Å². The van der Waals surface area contributed by atoms with Crippen molar-refractivity contribution in [3.05, 3.63) is 35.9 Å². The molecule has 1 amide bonds. The summed E-state index contributed by atoms with van der Waals surface area (Å²) in [5, 5.41) is 2.88. The van der Waals surface area contributed by atoms with Crippen LogP contribution in [-0.2, 0) is 4.79 Å². The third kappa shape index (κ3) is 6.62.